The van der Waals surface area contributed by atoms with E-state index in [1.807, 2.05) is 0 Å². The molecule has 0 saturated carbocycles. The summed E-state index contributed by atoms with van der Waals surface area (Å²) in [6.07, 6.45) is 0.720. The van der Waals surface area contributed by atoms with Crippen LogP contribution in [-0.4, -0.2) is 28.2 Å². The fraction of sp³-hybridized carbons (Fsp3) is 0.154. The Labute approximate surface area is 120 Å². The first-order valence-electron chi connectivity index (χ1n) is 5.79. The normalized spacial score (nSPS) is 17.6. The second-order valence-corrected chi connectivity index (χ2v) is 4.54. The molecule has 1 atom stereocenters. The Balaban J connectivity index is 2.09. The highest BCUT2D eigenvalue weighted by atomic mass is 32.1. The Morgan fingerprint density at radius 2 is 2.00 bits per heavy atom. The second-order valence-electron chi connectivity index (χ2n) is 4.13. The van der Waals surface area contributed by atoms with Crippen LogP contribution in [0.1, 0.15) is 12.5 Å². The highest BCUT2D eigenvalue weighted by Gasteiger charge is 2.19. The summed E-state index contributed by atoms with van der Waals surface area (Å²) >= 11 is 4.82. The molecule has 0 radical (unpaired) electrons. The van der Waals surface area contributed by atoms with Crippen molar-refractivity contribution in [3.63, 3.8) is 0 Å². The van der Waals surface area contributed by atoms with Crippen LogP contribution in [0.2, 0.25) is 0 Å². The zero-order chi connectivity index (χ0) is 14.7. The fourth-order valence-corrected chi connectivity index (χ4v) is 1.75. The third-order valence-electron chi connectivity index (χ3n) is 2.57. The van der Waals surface area contributed by atoms with Crippen LogP contribution in [-0.2, 0) is 9.59 Å². The molecule has 1 amide bonds. The molecular formula is C13H12N2O4S. The van der Waals surface area contributed by atoms with Crippen LogP contribution in [0.4, 0.5) is 0 Å². The number of amides is 1. The Kier molecular flexibility index (Phi) is 3.99. The van der Waals surface area contributed by atoms with Crippen LogP contribution >= 0.6 is 12.2 Å². The largest absolute Gasteiger partial charge is 0.479 e. The molecule has 0 spiro atoms. The van der Waals surface area contributed by atoms with Gasteiger partial charge in [0.15, 0.2) is 11.2 Å². The van der Waals surface area contributed by atoms with Gasteiger partial charge in [-0.05, 0) is 42.9 Å². The average molecular weight is 292 g/mol. The van der Waals surface area contributed by atoms with Crippen molar-refractivity contribution >= 4 is 35.3 Å². The summed E-state index contributed by atoms with van der Waals surface area (Å²) in [4.78, 5) is 22.1. The van der Waals surface area contributed by atoms with Crippen molar-refractivity contribution in [3.8, 4) is 5.75 Å². The summed E-state index contributed by atoms with van der Waals surface area (Å²) in [6.45, 7) is 1.45. The highest BCUT2D eigenvalue weighted by Crippen LogP contribution is 2.16. The summed E-state index contributed by atoms with van der Waals surface area (Å²) in [6, 6.07) is 6.70. The molecule has 0 unspecified atom stereocenters. The third kappa shape index (κ3) is 3.33. The molecule has 2 rings (SSSR count). The smallest absolute Gasteiger partial charge is 0.344 e. The number of thiocarbonyl (C=S) groups is 1. The molecule has 1 fully saturated rings. The minimum atomic E-state index is -1.03. The van der Waals surface area contributed by atoms with E-state index in [-0.39, 0.29) is 11.0 Å². The number of carboxylic acid groups (broad SMARTS) is 1. The van der Waals surface area contributed by atoms with Gasteiger partial charge in [-0.25, -0.2) is 4.79 Å². The molecule has 0 aromatic heterocycles. The van der Waals surface area contributed by atoms with Crippen LogP contribution in [0, 0.1) is 0 Å². The summed E-state index contributed by atoms with van der Waals surface area (Å²) in [5.74, 6) is -0.868. The monoisotopic (exact) mass is 292 g/mol. The van der Waals surface area contributed by atoms with E-state index in [2.05, 4.69) is 10.6 Å². The molecule has 1 aliphatic heterocycles. The molecule has 1 saturated heterocycles. The summed E-state index contributed by atoms with van der Waals surface area (Å²) in [5, 5.41) is 14.2. The van der Waals surface area contributed by atoms with Crippen LogP contribution in [0.15, 0.2) is 30.0 Å². The van der Waals surface area contributed by atoms with E-state index in [9.17, 15) is 9.59 Å². The number of nitrogens with one attached hydrogen (secondary N) is 2. The van der Waals surface area contributed by atoms with Gasteiger partial charge in [-0.1, -0.05) is 12.1 Å². The van der Waals surface area contributed by atoms with Crippen molar-refractivity contribution in [1.29, 1.82) is 0 Å². The van der Waals surface area contributed by atoms with Crippen LogP contribution < -0.4 is 15.4 Å². The fourth-order valence-electron chi connectivity index (χ4n) is 1.55. The molecule has 0 bridgehead atoms. The molecule has 104 valence electrons. The number of rotatable bonds is 4. The number of hydrogen-bond donors (Lipinski definition) is 3. The van der Waals surface area contributed by atoms with Gasteiger partial charge in [0.2, 0.25) is 0 Å². The van der Waals surface area contributed by atoms with Crippen molar-refractivity contribution < 1.29 is 19.4 Å². The SMILES string of the molecule is C[C@@H](Oc1ccc(/C=C2/NC(=S)NC2=O)cc1)C(=O)O. The van der Waals surface area contributed by atoms with Gasteiger partial charge in [-0.2, -0.15) is 0 Å². The maximum absolute atomic E-state index is 11.5. The van der Waals surface area contributed by atoms with Gasteiger partial charge in [0.25, 0.3) is 5.91 Å². The lowest BCUT2D eigenvalue weighted by Crippen LogP contribution is -2.22. The van der Waals surface area contributed by atoms with Crippen molar-refractivity contribution in [3.05, 3.63) is 35.5 Å². The molecule has 3 N–H and O–H groups in total. The lowest BCUT2D eigenvalue weighted by Gasteiger charge is -2.10. The topological polar surface area (TPSA) is 87.7 Å². The maximum atomic E-state index is 11.5. The average Bonchev–Trinajstić information content (AvgIpc) is 2.70. The molecule has 20 heavy (non-hydrogen) atoms. The van der Waals surface area contributed by atoms with Gasteiger partial charge in [0, 0.05) is 0 Å². The van der Waals surface area contributed by atoms with Crippen LogP contribution in [0.3, 0.4) is 0 Å². The first-order chi connectivity index (χ1) is 9.45. The van der Waals surface area contributed by atoms with Gasteiger partial charge in [0.1, 0.15) is 11.4 Å². The molecule has 1 aromatic rings. The Morgan fingerprint density at radius 1 is 1.35 bits per heavy atom. The lowest BCUT2D eigenvalue weighted by atomic mass is 10.2. The molecule has 1 aromatic carbocycles. The van der Waals surface area contributed by atoms with Crippen molar-refractivity contribution in [2.45, 2.75) is 13.0 Å². The summed E-state index contributed by atoms with van der Waals surface area (Å²) in [7, 11) is 0. The van der Waals surface area contributed by atoms with Crippen molar-refractivity contribution in [2.75, 3.05) is 0 Å². The number of carbonyl (C=O) groups is 2. The maximum Gasteiger partial charge on any atom is 0.344 e. The number of ether oxygens (including phenoxy) is 1. The lowest BCUT2D eigenvalue weighted by molar-refractivity contribution is -0.144. The molecule has 0 aliphatic carbocycles. The Bertz CT molecular complexity index is 595. The van der Waals surface area contributed by atoms with E-state index >= 15 is 0 Å². The predicted octanol–water partition coefficient (Wildman–Crippen LogP) is 0.884. The van der Waals surface area contributed by atoms with Crippen LogP contribution in [0.25, 0.3) is 6.08 Å². The Hall–Kier alpha value is -2.41. The van der Waals surface area contributed by atoms with Gasteiger partial charge in [0.05, 0.1) is 0 Å². The van der Waals surface area contributed by atoms with E-state index in [4.69, 9.17) is 22.1 Å². The van der Waals surface area contributed by atoms with Gasteiger partial charge in [-0.15, -0.1) is 0 Å². The van der Waals surface area contributed by atoms with Crippen molar-refractivity contribution in [2.24, 2.45) is 0 Å². The van der Waals surface area contributed by atoms with E-state index in [0.717, 1.165) is 5.56 Å². The summed E-state index contributed by atoms with van der Waals surface area (Å²) < 4.78 is 5.20. The first kappa shape index (κ1) is 14.0. The molecule has 7 heteroatoms. The molecule has 1 aliphatic rings. The molecular weight excluding hydrogens is 280 g/mol. The number of aliphatic carboxylic acids is 1. The standard InChI is InChI=1S/C13H12N2O4S/c1-7(12(17)18)19-9-4-2-8(3-5-9)6-10-11(16)15-13(20)14-10/h2-7H,1H3,(H,17,18)(H2,14,15,16,20)/b10-6+/t7-/m1/s1. The predicted molar refractivity (Wildman–Crippen MR) is 76.0 cm³/mol. The van der Waals surface area contributed by atoms with Crippen molar-refractivity contribution in [1.82, 2.24) is 10.6 Å². The first-order valence-corrected chi connectivity index (χ1v) is 6.20. The van der Waals surface area contributed by atoms with E-state index in [1.54, 1.807) is 30.3 Å². The zero-order valence-electron chi connectivity index (χ0n) is 10.5. The zero-order valence-corrected chi connectivity index (χ0v) is 11.4. The highest BCUT2D eigenvalue weighted by molar-refractivity contribution is 7.80. The number of carboxylic acids is 1. The number of carbonyl (C=O) groups excluding carboxylic acids is 1. The van der Waals surface area contributed by atoms with Crippen LogP contribution in [0.5, 0.6) is 5.75 Å². The number of benzene rings is 1. The molecule has 6 nitrogen and oxygen atoms in total. The second kappa shape index (κ2) is 5.70. The third-order valence-corrected chi connectivity index (χ3v) is 2.78. The summed E-state index contributed by atoms with van der Waals surface area (Å²) in [5.41, 5.74) is 1.13. The van der Waals surface area contributed by atoms with Gasteiger partial charge < -0.3 is 15.2 Å². The van der Waals surface area contributed by atoms with E-state index in [0.29, 0.717) is 11.4 Å². The minimum Gasteiger partial charge on any atom is -0.479 e. The number of hydrogen-bond acceptors (Lipinski definition) is 4. The minimum absolute atomic E-state index is 0.275. The molecule has 1 heterocycles. The quantitative estimate of drug-likeness (QED) is 0.564. The van der Waals surface area contributed by atoms with Gasteiger partial charge >= 0.3 is 5.97 Å². The van der Waals surface area contributed by atoms with E-state index < -0.39 is 12.1 Å². The van der Waals surface area contributed by atoms with E-state index in [1.165, 1.54) is 6.92 Å². The Morgan fingerprint density at radius 3 is 2.50 bits per heavy atom. The van der Waals surface area contributed by atoms with Gasteiger partial charge in [-0.3, -0.25) is 10.1 Å².